The molecule has 2 aromatic rings. The number of nitrogens with two attached hydrogens (primary N) is 1. The lowest BCUT2D eigenvalue weighted by Crippen LogP contribution is -2.49. The van der Waals surface area contributed by atoms with Crippen molar-refractivity contribution in [2.45, 2.75) is 0 Å². The number of aromatic amines is 1. The third-order valence-electron chi connectivity index (χ3n) is 3.47. The van der Waals surface area contributed by atoms with Gasteiger partial charge in [0.25, 0.3) is 5.91 Å². The van der Waals surface area contributed by atoms with Crippen molar-refractivity contribution in [3.8, 4) is 0 Å². The fourth-order valence-corrected chi connectivity index (χ4v) is 2.63. The molecule has 0 bridgehead atoms. The predicted octanol–water partition coefficient (Wildman–Crippen LogP) is 1.00. The van der Waals surface area contributed by atoms with Gasteiger partial charge in [0, 0.05) is 26.2 Å². The van der Waals surface area contributed by atoms with Crippen molar-refractivity contribution < 1.29 is 4.79 Å². The normalized spacial score (nSPS) is 15.3. The van der Waals surface area contributed by atoms with Crippen molar-refractivity contribution in [3.05, 3.63) is 35.1 Å². The number of piperazine rings is 1. The molecule has 8 heteroatoms. The topological polar surface area (TPSA) is 91.1 Å². The molecular formula is C13H15ClN6O. The first-order valence-corrected chi connectivity index (χ1v) is 6.99. The molecule has 21 heavy (non-hydrogen) atoms. The van der Waals surface area contributed by atoms with E-state index in [4.69, 9.17) is 17.3 Å². The predicted molar refractivity (Wildman–Crippen MR) is 80.4 cm³/mol. The smallest absolute Gasteiger partial charge is 0.291 e. The molecule has 1 fully saturated rings. The van der Waals surface area contributed by atoms with Crippen molar-refractivity contribution in [3.63, 3.8) is 0 Å². The molecule has 0 unspecified atom stereocenters. The van der Waals surface area contributed by atoms with Crippen LogP contribution in [-0.2, 0) is 0 Å². The summed E-state index contributed by atoms with van der Waals surface area (Å²) in [6.07, 6.45) is 0. The van der Waals surface area contributed by atoms with Gasteiger partial charge >= 0.3 is 0 Å². The lowest BCUT2D eigenvalue weighted by atomic mass is 10.2. The summed E-state index contributed by atoms with van der Waals surface area (Å²) in [6, 6.07) is 7.71. The summed E-state index contributed by atoms with van der Waals surface area (Å²) in [7, 11) is 0. The number of anilines is 2. The highest BCUT2D eigenvalue weighted by Gasteiger charge is 2.25. The summed E-state index contributed by atoms with van der Waals surface area (Å²) in [5.41, 5.74) is 6.41. The number of hydrogen-bond donors (Lipinski definition) is 2. The van der Waals surface area contributed by atoms with E-state index in [-0.39, 0.29) is 17.7 Å². The summed E-state index contributed by atoms with van der Waals surface area (Å²) in [5, 5.41) is 6.94. The molecular weight excluding hydrogens is 292 g/mol. The summed E-state index contributed by atoms with van der Waals surface area (Å²) in [6.45, 7) is 2.65. The second-order valence-corrected chi connectivity index (χ2v) is 5.18. The third kappa shape index (κ3) is 2.78. The first-order chi connectivity index (χ1) is 10.1. The average molecular weight is 307 g/mol. The molecule has 0 spiro atoms. The second kappa shape index (κ2) is 5.61. The number of nitrogen functional groups attached to an aromatic ring is 1. The Balaban J connectivity index is 1.65. The van der Waals surface area contributed by atoms with Crippen LogP contribution in [0.4, 0.5) is 11.6 Å². The van der Waals surface area contributed by atoms with E-state index >= 15 is 0 Å². The van der Waals surface area contributed by atoms with Crippen LogP contribution in [0, 0.1) is 0 Å². The van der Waals surface area contributed by atoms with Crippen molar-refractivity contribution in [2.75, 3.05) is 36.8 Å². The fourth-order valence-electron chi connectivity index (χ4n) is 2.38. The van der Waals surface area contributed by atoms with E-state index in [1.807, 2.05) is 24.3 Å². The molecule has 3 rings (SSSR count). The van der Waals surface area contributed by atoms with Gasteiger partial charge in [0.05, 0.1) is 10.7 Å². The van der Waals surface area contributed by atoms with Crippen LogP contribution in [-0.4, -0.2) is 52.2 Å². The Bertz CT molecular complexity index is 650. The van der Waals surface area contributed by atoms with E-state index in [1.165, 1.54) is 0 Å². The Kier molecular flexibility index (Phi) is 3.66. The number of amides is 1. The number of hydrogen-bond acceptors (Lipinski definition) is 5. The van der Waals surface area contributed by atoms with E-state index in [0.29, 0.717) is 13.1 Å². The number of carbonyl (C=O) groups is 1. The molecule has 7 nitrogen and oxygen atoms in total. The SMILES string of the molecule is Nc1n[nH]c(C(=O)N2CCN(c3ccccc3Cl)CC2)n1. The molecule has 1 amide bonds. The first-order valence-electron chi connectivity index (χ1n) is 6.62. The highest BCUT2D eigenvalue weighted by Crippen LogP contribution is 2.26. The van der Waals surface area contributed by atoms with Crippen LogP contribution in [0.2, 0.25) is 5.02 Å². The van der Waals surface area contributed by atoms with Crippen molar-refractivity contribution in [2.24, 2.45) is 0 Å². The highest BCUT2D eigenvalue weighted by molar-refractivity contribution is 6.33. The number of aromatic nitrogens is 3. The summed E-state index contributed by atoms with van der Waals surface area (Å²) < 4.78 is 0. The molecule has 1 aliphatic heterocycles. The van der Waals surface area contributed by atoms with E-state index in [2.05, 4.69) is 20.1 Å². The quantitative estimate of drug-likeness (QED) is 0.864. The monoisotopic (exact) mass is 306 g/mol. The van der Waals surface area contributed by atoms with Gasteiger partial charge in [-0.05, 0) is 12.1 Å². The number of rotatable bonds is 2. The number of benzene rings is 1. The lowest BCUT2D eigenvalue weighted by molar-refractivity contribution is 0.0735. The molecule has 3 N–H and O–H groups in total. The Morgan fingerprint density at radius 2 is 1.95 bits per heavy atom. The van der Waals surface area contributed by atoms with Crippen molar-refractivity contribution >= 4 is 29.1 Å². The summed E-state index contributed by atoms with van der Waals surface area (Å²) >= 11 is 6.20. The number of halogens is 1. The van der Waals surface area contributed by atoms with E-state index < -0.39 is 0 Å². The molecule has 0 aliphatic carbocycles. The molecule has 0 atom stereocenters. The van der Waals surface area contributed by atoms with Gasteiger partial charge < -0.3 is 15.5 Å². The zero-order valence-corrected chi connectivity index (χ0v) is 12.0. The summed E-state index contributed by atoms with van der Waals surface area (Å²) in [5.74, 6) is 0.0738. The van der Waals surface area contributed by atoms with Gasteiger partial charge in [0.1, 0.15) is 0 Å². The number of nitrogens with zero attached hydrogens (tertiary/aromatic N) is 4. The molecule has 1 aromatic heterocycles. The minimum atomic E-state index is -0.182. The summed E-state index contributed by atoms with van der Waals surface area (Å²) in [4.78, 5) is 20.0. The Morgan fingerprint density at radius 1 is 1.24 bits per heavy atom. The fraction of sp³-hybridized carbons (Fsp3) is 0.308. The molecule has 0 saturated carbocycles. The van der Waals surface area contributed by atoms with Crippen LogP contribution in [0.1, 0.15) is 10.6 Å². The van der Waals surface area contributed by atoms with Gasteiger partial charge in [-0.2, -0.15) is 4.98 Å². The van der Waals surface area contributed by atoms with E-state index in [1.54, 1.807) is 4.90 Å². The first kappa shape index (κ1) is 13.7. The average Bonchev–Trinajstić information content (AvgIpc) is 2.94. The molecule has 1 aromatic carbocycles. The number of H-pyrrole nitrogens is 1. The molecule has 1 aliphatic rings. The van der Waals surface area contributed by atoms with Gasteiger partial charge in [-0.3, -0.25) is 9.89 Å². The number of para-hydroxylation sites is 1. The third-order valence-corrected chi connectivity index (χ3v) is 3.78. The maximum Gasteiger partial charge on any atom is 0.291 e. The van der Waals surface area contributed by atoms with Gasteiger partial charge in [-0.25, -0.2) is 0 Å². The Hall–Kier alpha value is -2.28. The lowest BCUT2D eigenvalue weighted by Gasteiger charge is -2.36. The minimum absolute atomic E-state index is 0.0769. The maximum absolute atomic E-state index is 12.2. The zero-order valence-electron chi connectivity index (χ0n) is 11.3. The maximum atomic E-state index is 12.2. The molecule has 2 heterocycles. The molecule has 1 saturated heterocycles. The van der Waals surface area contributed by atoms with Gasteiger partial charge in [-0.1, -0.05) is 23.7 Å². The van der Waals surface area contributed by atoms with E-state index in [9.17, 15) is 4.79 Å². The van der Waals surface area contributed by atoms with Crippen LogP contribution in [0.15, 0.2) is 24.3 Å². The molecule has 110 valence electrons. The highest BCUT2D eigenvalue weighted by atomic mass is 35.5. The number of nitrogens with one attached hydrogen (secondary N) is 1. The Labute approximate surface area is 126 Å². The van der Waals surface area contributed by atoms with E-state index in [0.717, 1.165) is 23.8 Å². The number of carbonyl (C=O) groups excluding carboxylic acids is 1. The van der Waals surface area contributed by atoms with Crippen molar-refractivity contribution in [1.82, 2.24) is 20.1 Å². The van der Waals surface area contributed by atoms with Gasteiger partial charge in [-0.15, -0.1) is 5.10 Å². The Morgan fingerprint density at radius 3 is 2.57 bits per heavy atom. The standard InChI is InChI=1S/C13H15ClN6O/c14-9-3-1-2-4-10(9)19-5-7-20(8-6-19)12(21)11-16-13(15)18-17-11/h1-4H,5-8H2,(H3,15,16,17,18). The van der Waals surface area contributed by atoms with Crippen LogP contribution in [0.25, 0.3) is 0 Å². The van der Waals surface area contributed by atoms with Gasteiger partial charge in [0.15, 0.2) is 0 Å². The van der Waals surface area contributed by atoms with Crippen molar-refractivity contribution in [1.29, 1.82) is 0 Å². The minimum Gasteiger partial charge on any atom is -0.367 e. The van der Waals surface area contributed by atoms with Crippen LogP contribution in [0.5, 0.6) is 0 Å². The van der Waals surface area contributed by atoms with Crippen LogP contribution < -0.4 is 10.6 Å². The largest absolute Gasteiger partial charge is 0.367 e. The van der Waals surface area contributed by atoms with Crippen LogP contribution in [0.3, 0.4) is 0 Å². The zero-order chi connectivity index (χ0) is 14.8. The second-order valence-electron chi connectivity index (χ2n) is 4.77. The van der Waals surface area contributed by atoms with Gasteiger partial charge in [0.2, 0.25) is 11.8 Å². The van der Waals surface area contributed by atoms with Crippen LogP contribution >= 0.6 is 11.6 Å². The molecule has 0 radical (unpaired) electrons.